The molecule has 0 spiro atoms. The van der Waals surface area contributed by atoms with E-state index in [1.807, 2.05) is 0 Å². The van der Waals surface area contributed by atoms with Gasteiger partial charge in [0.05, 0.1) is 5.36 Å². The van der Waals surface area contributed by atoms with Gasteiger partial charge >= 0.3 is 6.36 Å². The molecule has 156 valence electrons. The lowest BCUT2D eigenvalue weighted by atomic mass is 10.1. The standard InChI is InChI=1S/C20H14F4N2O4/c1-12-2-7-16(29-14-3-5-15(6-4-14)30-20(22,23)24)17(18(12)21)19(27)25-13-8-10-26(28)11-9-13/h2-11,28H,1H3. The molecule has 2 aromatic carbocycles. The number of nitrogens with zero attached hydrogens (tertiary/aromatic N) is 2. The molecule has 0 saturated heterocycles. The molecule has 0 unspecified atom stereocenters. The first-order valence-corrected chi connectivity index (χ1v) is 8.42. The largest absolute Gasteiger partial charge is 0.573 e. The monoisotopic (exact) mass is 422 g/mol. The van der Waals surface area contributed by atoms with Gasteiger partial charge in [-0.2, -0.15) is 0 Å². The third-order valence-corrected chi connectivity index (χ3v) is 3.82. The number of amides is 1. The predicted molar refractivity (Wildman–Crippen MR) is 95.8 cm³/mol. The van der Waals surface area contributed by atoms with Crippen molar-refractivity contribution in [3.63, 3.8) is 0 Å². The maximum absolute atomic E-state index is 14.7. The second-order valence-corrected chi connectivity index (χ2v) is 6.04. The normalized spacial score (nSPS) is 11.1. The first-order valence-electron chi connectivity index (χ1n) is 8.42. The van der Waals surface area contributed by atoms with Crippen LogP contribution in [0.4, 0.5) is 17.6 Å². The molecule has 0 saturated carbocycles. The molecule has 0 aliphatic rings. The molecular weight excluding hydrogens is 408 g/mol. The number of halogens is 4. The first kappa shape index (κ1) is 20.9. The number of carbonyl (C=O) groups excluding carboxylic acids is 1. The van der Waals surface area contributed by atoms with E-state index >= 15 is 0 Å². The van der Waals surface area contributed by atoms with Crippen molar-refractivity contribution in [1.29, 1.82) is 0 Å². The summed E-state index contributed by atoms with van der Waals surface area (Å²) >= 11 is 0. The third kappa shape index (κ3) is 5.16. The van der Waals surface area contributed by atoms with Gasteiger partial charge < -0.3 is 14.7 Å². The van der Waals surface area contributed by atoms with Crippen LogP contribution in [0.1, 0.15) is 15.9 Å². The molecule has 0 aliphatic carbocycles. The Morgan fingerprint density at radius 3 is 2.20 bits per heavy atom. The van der Waals surface area contributed by atoms with Gasteiger partial charge in [0.2, 0.25) is 0 Å². The number of pyridine rings is 1. The Bertz CT molecular complexity index is 1120. The number of aryl methyl sites for hydroxylation is 1. The lowest BCUT2D eigenvalue weighted by Crippen LogP contribution is -2.16. The topological polar surface area (TPSA) is 73.0 Å². The lowest BCUT2D eigenvalue weighted by Gasteiger charge is -2.12. The quantitative estimate of drug-likeness (QED) is 0.493. The Balaban J connectivity index is 1.92. The fourth-order valence-corrected chi connectivity index (χ4v) is 2.44. The van der Waals surface area contributed by atoms with Crippen LogP contribution >= 0.6 is 0 Å². The minimum atomic E-state index is -4.84. The SMILES string of the molecule is Cc1ccc(Oc2ccc(OC(F)(F)F)cc2)c(C(=O)N=c2ccn(O)cc2)c1F. The number of benzene rings is 2. The molecule has 0 bridgehead atoms. The first-order chi connectivity index (χ1) is 14.1. The van der Waals surface area contributed by atoms with Crippen molar-refractivity contribution < 1.29 is 37.0 Å². The number of rotatable bonds is 4. The Hall–Kier alpha value is -3.82. The number of hydrogen-bond donors (Lipinski definition) is 1. The highest BCUT2D eigenvalue weighted by atomic mass is 19.4. The molecule has 1 amide bonds. The van der Waals surface area contributed by atoms with Gasteiger partial charge in [0, 0.05) is 12.4 Å². The number of hydrogen-bond acceptors (Lipinski definition) is 4. The van der Waals surface area contributed by atoms with Crippen LogP contribution in [0.25, 0.3) is 0 Å². The molecule has 0 fully saturated rings. The number of ether oxygens (including phenoxy) is 2. The summed E-state index contributed by atoms with van der Waals surface area (Å²) in [4.78, 5) is 16.4. The van der Waals surface area contributed by atoms with Crippen molar-refractivity contribution in [1.82, 2.24) is 4.73 Å². The van der Waals surface area contributed by atoms with Crippen LogP contribution in [-0.2, 0) is 0 Å². The van der Waals surface area contributed by atoms with E-state index < -0.39 is 29.4 Å². The summed E-state index contributed by atoms with van der Waals surface area (Å²) in [6.07, 6.45) is -2.36. The molecule has 1 aromatic heterocycles. The molecule has 0 atom stereocenters. The van der Waals surface area contributed by atoms with Gasteiger partial charge in [0.15, 0.2) is 0 Å². The molecule has 3 rings (SSSR count). The molecule has 1 heterocycles. The third-order valence-electron chi connectivity index (χ3n) is 3.82. The van der Waals surface area contributed by atoms with Gasteiger partial charge in [-0.15, -0.1) is 13.2 Å². The van der Waals surface area contributed by atoms with Crippen LogP contribution in [-0.4, -0.2) is 22.2 Å². The van der Waals surface area contributed by atoms with Gasteiger partial charge in [-0.1, -0.05) is 6.07 Å². The van der Waals surface area contributed by atoms with Gasteiger partial charge in [0.1, 0.15) is 28.6 Å². The van der Waals surface area contributed by atoms with Crippen molar-refractivity contribution in [3.05, 3.63) is 83.2 Å². The number of carbonyl (C=O) groups is 1. The second-order valence-electron chi connectivity index (χ2n) is 6.04. The van der Waals surface area contributed by atoms with E-state index in [0.29, 0.717) is 0 Å². The maximum Gasteiger partial charge on any atom is 0.573 e. The van der Waals surface area contributed by atoms with Crippen molar-refractivity contribution in [2.45, 2.75) is 13.3 Å². The summed E-state index contributed by atoms with van der Waals surface area (Å²) in [6, 6.07) is 9.83. The zero-order valence-corrected chi connectivity index (χ0v) is 15.4. The minimum absolute atomic E-state index is 0.0582. The predicted octanol–water partition coefficient (Wildman–Crippen LogP) is 4.60. The highest BCUT2D eigenvalue weighted by Crippen LogP contribution is 2.31. The molecule has 0 radical (unpaired) electrons. The summed E-state index contributed by atoms with van der Waals surface area (Å²) in [6.45, 7) is 1.45. The summed E-state index contributed by atoms with van der Waals surface area (Å²) in [5.41, 5.74) is -0.262. The zero-order valence-electron chi connectivity index (χ0n) is 15.4. The van der Waals surface area contributed by atoms with E-state index in [2.05, 4.69) is 9.73 Å². The summed E-state index contributed by atoms with van der Waals surface area (Å²) in [5, 5.41) is 9.39. The second kappa shape index (κ2) is 8.27. The number of aromatic nitrogens is 1. The summed E-state index contributed by atoms with van der Waals surface area (Å²) in [7, 11) is 0. The fraction of sp³-hybridized carbons (Fsp3) is 0.100. The van der Waals surface area contributed by atoms with Crippen molar-refractivity contribution in [2.24, 2.45) is 4.99 Å². The molecule has 30 heavy (non-hydrogen) atoms. The van der Waals surface area contributed by atoms with Gasteiger partial charge in [-0.25, -0.2) is 14.1 Å². The van der Waals surface area contributed by atoms with Crippen molar-refractivity contribution in [3.8, 4) is 17.2 Å². The highest BCUT2D eigenvalue weighted by Gasteiger charge is 2.31. The van der Waals surface area contributed by atoms with Crippen LogP contribution in [0.2, 0.25) is 0 Å². The molecule has 10 heteroatoms. The average Bonchev–Trinajstić information content (AvgIpc) is 2.67. The van der Waals surface area contributed by atoms with E-state index in [-0.39, 0.29) is 22.4 Å². The fourth-order valence-electron chi connectivity index (χ4n) is 2.44. The van der Waals surface area contributed by atoms with Crippen LogP contribution in [0.15, 0.2) is 65.9 Å². The number of alkyl halides is 3. The Morgan fingerprint density at radius 1 is 1.00 bits per heavy atom. The minimum Gasteiger partial charge on any atom is -0.456 e. The van der Waals surface area contributed by atoms with Crippen LogP contribution in [0.5, 0.6) is 17.2 Å². The van der Waals surface area contributed by atoms with Gasteiger partial charge in [0.25, 0.3) is 5.91 Å². The maximum atomic E-state index is 14.7. The van der Waals surface area contributed by atoms with Crippen molar-refractivity contribution >= 4 is 5.91 Å². The van der Waals surface area contributed by atoms with E-state index in [4.69, 9.17) is 4.74 Å². The van der Waals surface area contributed by atoms with E-state index in [1.54, 1.807) is 0 Å². The van der Waals surface area contributed by atoms with E-state index in [9.17, 15) is 27.6 Å². The summed E-state index contributed by atoms with van der Waals surface area (Å²) in [5.74, 6) is -2.33. The Labute approximate surface area is 167 Å². The van der Waals surface area contributed by atoms with Gasteiger partial charge in [-0.05, 0) is 55.0 Å². The molecule has 1 N–H and O–H groups in total. The van der Waals surface area contributed by atoms with Crippen LogP contribution in [0, 0.1) is 12.7 Å². The highest BCUT2D eigenvalue weighted by molar-refractivity contribution is 5.98. The Kier molecular flexibility index (Phi) is 5.77. The molecule has 0 aliphatic heterocycles. The molecular formula is C20H14F4N2O4. The van der Waals surface area contributed by atoms with Crippen molar-refractivity contribution in [2.75, 3.05) is 0 Å². The molecule has 6 nitrogen and oxygen atoms in total. The summed E-state index contributed by atoms with van der Waals surface area (Å²) < 4.78 is 61.5. The molecule has 3 aromatic rings. The van der Waals surface area contributed by atoms with E-state index in [0.717, 1.165) is 16.9 Å². The lowest BCUT2D eigenvalue weighted by molar-refractivity contribution is -0.274. The van der Waals surface area contributed by atoms with Crippen LogP contribution < -0.4 is 14.8 Å². The van der Waals surface area contributed by atoms with Gasteiger partial charge in [-0.3, -0.25) is 4.79 Å². The van der Waals surface area contributed by atoms with E-state index in [1.165, 1.54) is 55.7 Å². The van der Waals surface area contributed by atoms with Crippen LogP contribution in [0.3, 0.4) is 0 Å². The zero-order chi connectivity index (χ0) is 21.9. The average molecular weight is 422 g/mol. The smallest absolute Gasteiger partial charge is 0.456 e. The Morgan fingerprint density at radius 2 is 1.60 bits per heavy atom.